The summed E-state index contributed by atoms with van der Waals surface area (Å²) in [5.41, 5.74) is 0.386. The number of ether oxygens (including phenoxy) is 1. The Kier molecular flexibility index (Phi) is 5.61. The molecular formula is C17H31FO. The van der Waals surface area contributed by atoms with E-state index in [4.69, 9.17) is 4.74 Å². The second-order valence-electron chi connectivity index (χ2n) is 7.52. The average molecular weight is 270 g/mol. The normalized spacial score (nSPS) is 31.8. The van der Waals surface area contributed by atoms with E-state index in [2.05, 4.69) is 34.3 Å². The van der Waals surface area contributed by atoms with E-state index in [1.807, 2.05) is 0 Å². The predicted octanol–water partition coefficient (Wildman–Crippen LogP) is 5.36. The van der Waals surface area contributed by atoms with Crippen LogP contribution in [0.15, 0.2) is 12.7 Å². The Morgan fingerprint density at radius 2 is 1.89 bits per heavy atom. The van der Waals surface area contributed by atoms with E-state index in [0.717, 1.165) is 12.3 Å². The molecule has 0 spiro atoms. The molecule has 0 radical (unpaired) electrons. The van der Waals surface area contributed by atoms with Gasteiger partial charge in [0.2, 0.25) is 5.85 Å². The van der Waals surface area contributed by atoms with Crippen LogP contribution in [0, 0.1) is 23.2 Å². The van der Waals surface area contributed by atoms with Crippen LogP contribution in [0.4, 0.5) is 4.39 Å². The maximum Gasteiger partial charge on any atom is 0.209 e. The third-order valence-corrected chi connectivity index (χ3v) is 4.68. The summed E-state index contributed by atoms with van der Waals surface area (Å²) in [6, 6.07) is 0. The zero-order valence-electron chi connectivity index (χ0n) is 13.3. The third kappa shape index (κ3) is 5.25. The summed E-state index contributed by atoms with van der Waals surface area (Å²) in [6.07, 6.45) is 5.49. The van der Waals surface area contributed by atoms with Crippen molar-refractivity contribution in [3.8, 4) is 0 Å². The van der Waals surface area contributed by atoms with Gasteiger partial charge in [0.1, 0.15) is 0 Å². The first-order valence-electron chi connectivity index (χ1n) is 7.59. The van der Waals surface area contributed by atoms with Crippen molar-refractivity contribution in [1.82, 2.24) is 0 Å². The third-order valence-electron chi connectivity index (χ3n) is 4.68. The molecule has 2 heteroatoms. The number of hydrogen-bond acceptors (Lipinski definition) is 1. The molecule has 0 bridgehead atoms. The molecule has 112 valence electrons. The lowest BCUT2D eigenvalue weighted by atomic mass is 9.66. The van der Waals surface area contributed by atoms with Crippen molar-refractivity contribution in [3.05, 3.63) is 12.7 Å². The van der Waals surface area contributed by atoms with E-state index in [1.165, 1.54) is 19.8 Å². The molecule has 0 aromatic carbocycles. The van der Waals surface area contributed by atoms with Crippen LogP contribution in [0.2, 0.25) is 0 Å². The minimum atomic E-state index is -1.55. The molecule has 0 aromatic rings. The SMILES string of the molecule is C=CCC(C)(F)OCC1CCC(C(C)(C)C)CC1C. The van der Waals surface area contributed by atoms with Crippen LogP contribution in [0.5, 0.6) is 0 Å². The van der Waals surface area contributed by atoms with Gasteiger partial charge in [0, 0.05) is 6.42 Å². The molecule has 1 saturated carbocycles. The van der Waals surface area contributed by atoms with E-state index in [-0.39, 0.29) is 6.42 Å². The lowest BCUT2D eigenvalue weighted by molar-refractivity contribution is -0.146. The van der Waals surface area contributed by atoms with Gasteiger partial charge in [0.25, 0.3) is 0 Å². The van der Waals surface area contributed by atoms with E-state index in [9.17, 15) is 4.39 Å². The van der Waals surface area contributed by atoms with Crippen LogP contribution in [0.1, 0.15) is 60.3 Å². The van der Waals surface area contributed by atoms with Crippen LogP contribution in [-0.4, -0.2) is 12.5 Å². The Morgan fingerprint density at radius 1 is 1.26 bits per heavy atom. The Bertz CT molecular complexity index is 290. The highest BCUT2D eigenvalue weighted by Gasteiger charge is 2.35. The van der Waals surface area contributed by atoms with Crippen molar-refractivity contribution < 1.29 is 9.13 Å². The summed E-state index contributed by atoms with van der Waals surface area (Å²) in [6.45, 7) is 14.9. The Hall–Kier alpha value is -0.370. The van der Waals surface area contributed by atoms with E-state index in [1.54, 1.807) is 6.08 Å². The smallest absolute Gasteiger partial charge is 0.209 e. The number of halogens is 1. The first-order chi connectivity index (χ1) is 8.65. The molecule has 0 N–H and O–H groups in total. The van der Waals surface area contributed by atoms with Gasteiger partial charge in [0.15, 0.2) is 0 Å². The van der Waals surface area contributed by atoms with Gasteiger partial charge in [-0.05, 0) is 49.4 Å². The standard InChI is InChI=1S/C17H31FO/c1-7-10-17(6,18)19-12-14-8-9-15(11-13(14)2)16(3,4)5/h7,13-15H,1,8-12H2,2-6H3. The van der Waals surface area contributed by atoms with Gasteiger partial charge < -0.3 is 4.74 Å². The summed E-state index contributed by atoms with van der Waals surface area (Å²) < 4.78 is 19.4. The Morgan fingerprint density at radius 3 is 2.37 bits per heavy atom. The van der Waals surface area contributed by atoms with Crippen LogP contribution in [-0.2, 0) is 4.74 Å². The molecule has 1 rings (SSSR count). The molecule has 4 atom stereocenters. The Balaban J connectivity index is 2.44. The van der Waals surface area contributed by atoms with Crippen molar-refractivity contribution in [2.75, 3.05) is 6.61 Å². The summed E-state index contributed by atoms with van der Waals surface area (Å²) >= 11 is 0. The van der Waals surface area contributed by atoms with E-state index < -0.39 is 5.85 Å². The summed E-state index contributed by atoms with van der Waals surface area (Å²) in [7, 11) is 0. The average Bonchev–Trinajstić information content (AvgIpc) is 2.26. The van der Waals surface area contributed by atoms with Crippen molar-refractivity contribution in [1.29, 1.82) is 0 Å². The van der Waals surface area contributed by atoms with E-state index >= 15 is 0 Å². The topological polar surface area (TPSA) is 9.23 Å². The lowest BCUT2D eigenvalue weighted by Gasteiger charge is -2.41. The van der Waals surface area contributed by atoms with Crippen molar-refractivity contribution >= 4 is 0 Å². The zero-order valence-corrected chi connectivity index (χ0v) is 13.3. The highest BCUT2D eigenvalue weighted by atomic mass is 19.2. The minimum Gasteiger partial charge on any atom is -0.345 e. The van der Waals surface area contributed by atoms with E-state index in [0.29, 0.717) is 23.9 Å². The second kappa shape index (κ2) is 6.39. The molecule has 0 saturated heterocycles. The zero-order chi connectivity index (χ0) is 14.7. The van der Waals surface area contributed by atoms with Crippen molar-refractivity contribution in [2.24, 2.45) is 23.2 Å². The second-order valence-corrected chi connectivity index (χ2v) is 7.52. The molecule has 0 heterocycles. The molecule has 4 unspecified atom stereocenters. The fourth-order valence-corrected chi connectivity index (χ4v) is 3.09. The van der Waals surface area contributed by atoms with Crippen molar-refractivity contribution in [3.63, 3.8) is 0 Å². The van der Waals surface area contributed by atoms with Gasteiger partial charge >= 0.3 is 0 Å². The fraction of sp³-hybridized carbons (Fsp3) is 0.882. The fourth-order valence-electron chi connectivity index (χ4n) is 3.09. The molecule has 0 aromatic heterocycles. The molecule has 19 heavy (non-hydrogen) atoms. The monoisotopic (exact) mass is 270 g/mol. The van der Waals surface area contributed by atoms with Gasteiger partial charge in [-0.2, -0.15) is 0 Å². The van der Waals surface area contributed by atoms with Crippen molar-refractivity contribution in [2.45, 2.75) is 66.2 Å². The Labute approximate surface area is 118 Å². The highest BCUT2D eigenvalue weighted by molar-refractivity contribution is 4.84. The molecule has 0 amide bonds. The minimum absolute atomic E-state index is 0.263. The van der Waals surface area contributed by atoms with Gasteiger partial charge in [-0.3, -0.25) is 0 Å². The maximum absolute atomic E-state index is 13.9. The highest BCUT2D eigenvalue weighted by Crippen LogP contribution is 2.43. The van der Waals surface area contributed by atoms with Crippen LogP contribution in [0.25, 0.3) is 0 Å². The number of hydrogen-bond donors (Lipinski definition) is 0. The van der Waals surface area contributed by atoms with Crippen LogP contribution < -0.4 is 0 Å². The first-order valence-corrected chi connectivity index (χ1v) is 7.59. The summed E-state index contributed by atoms with van der Waals surface area (Å²) in [5, 5.41) is 0. The molecule has 1 aliphatic carbocycles. The van der Waals surface area contributed by atoms with Gasteiger partial charge in [-0.1, -0.05) is 33.8 Å². The maximum atomic E-state index is 13.9. The van der Waals surface area contributed by atoms with Gasteiger partial charge in [-0.15, -0.1) is 6.58 Å². The summed E-state index contributed by atoms with van der Waals surface area (Å²) in [5.74, 6) is 0.349. The van der Waals surface area contributed by atoms with Gasteiger partial charge in [-0.25, -0.2) is 4.39 Å². The molecule has 1 aliphatic rings. The lowest BCUT2D eigenvalue weighted by Crippen LogP contribution is -2.34. The first kappa shape index (κ1) is 16.7. The molecule has 0 aliphatic heterocycles. The van der Waals surface area contributed by atoms with Gasteiger partial charge in [0.05, 0.1) is 6.61 Å². The number of rotatable bonds is 5. The van der Waals surface area contributed by atoms with Crippen LogP contribution >= 0.6 is 0 Å². The number of alkyl halides is 1. The largest absolute Gasteiger partial charge is 0.345 e. The quantitative estimate of drug-likeness (QED) is 0.611. The summed E-state index contributed by atoms with van der Waals surface area (Å²) in [4.78, 5) is 0. The van der Waals surface area contributed by atoms with Crippen LogP contribution in [0.3, 0.4) is 0 Å². The molecule has 1 nitrogen and oxygen atoms in total. The predicted molar refractivity (Wildman–Crippen MR) is 79.7 cm³/mol. The molecular weight excluding hydrogens is 239 g/mol. The molecule has 1 fully saturated rings.